The number of nitrogens with zero attached hydrogens (tertiary/aromatic N) is 7. The number of rotatable bonds is 19. The van der Waals surface area contributed by atoms with E-state index in [2.05, 4.69) is 84.8 Å². The zero-order valence-electron chi connectivity index (χ0n) is 33.5. The third-order valence-electron chi connectivity index (χ3n) is 10.1. The zero-order chi connectivity index (χ0) is 38.7. The molecule has 14 heteroatoms. The number of likely N-dealkylation sites (N-methyl/N-ethyl adjacent to an activating group) is 2. The number of hydrogen-bond acceptors (Lipinski definition) is 11. The molecule has 1 fully saturated rings. The molecule has 0 spiro atoms. The van der Waals surface area contributed by atoms with Gasteiger partial charge in [0.2, 0.25) is 5.95 Å². The molecule has 2 aromatic heterocycles. The van der Waals surface area contributed by atoms with Gasteiger partial charge in [-0.05, 0) is 70.3 Å². The summed E-state index contributed by atoms with van der Waals surface area (Å²) in [4.78, 5) is 32.2. The van der Waals surface area contributed by atoms with E-state index >= 15 is 0 Å². The lowest BCUT2D eigenvalue weighted by molar-refractivity contribution is 0.128. The number of anilines is 4. The van der Waals surface area contributed by atoms with Gasteiger partial charge in [-0.15, -0.1) is 0 Å². The van der Waals surface area contributed by atoms with Crippen LogP contribution in [0.15, 0.2) is 54.9 Å². The van der Waals surface area contributed by atoms with Crippen LogP contribution >= 0.6 is 0 Å². The van der Waals surface area contributed by atoms with Gasteiger partial charge >= 0.3 is 6.09 Å². The predicted molar refractivity (Wildman–Crippen MR) is 225 cm³/mol. The molecule has 3 heterocycles. The lowest BCUT2D eigenvalue weighted by Crippen LogP contribution is -2.47. The summed E-state index contributed by atoms with van der Waals surface area (Å²) in [5.41, 5.74) is 10.7. The number of carbonyl (C=O) groups is 1. The normalized spacial score (nSPS) is 14.1. The minimum absolute atomic E-state index is 0.386. The quantitative estimate of drug-likeness (QED) is 0.0975. The number of carbonyl (C=O) groups excluding carboxylic acids is 1. The highest BCUT2D eigenvalue weighted by molar-refractivity contribution is 6.76. The van der Waals surface area contributed by atoms with Crippen molar-refractivity contribution >= 4 is 48.1 Å². The van der Waals surface area contributed by atoms with Crippen LogP contribution in [0.5, 0.6) is 5.75 Å². The number of nitrogens with two attached hydrogens (primary N) is 1. The number of amides is 1. The molecule has 54 heavy (non-hydrogen) atoms. The fourth-order valence-electron chi connectivity index (χ4n) is 6.75. The molecule has 4 aromatic rings. The van der Waals surface area contributed by atoms with Gasteiger partial charge in [-0.25, -0.2) is 14.8 Å². The summed E-state index contributed by atoms with van der Waals surface area (Å²) in [6, 6.07) is 14.9. The van der Waals surface area contributed by atoms with E-state index in [9.17, 15) is 4.79 Å². The molecule has 0 unspecified atom stereocenters. The second-order valence-corrected chi connectivity index (χ2v) is 21.2. The van der Waals surface area contributed by atoms with Crippen LogP contribution < -0.4 is 26.0 Å². The lowest BCUT2D eigenvalue weighted by Gasteiger charge is -2.35. The summed E-state index contributed by atoms with van der Waals surface area (Å²) in [6.45, 7) is 17.3. The summed E-state index contributed by atoms with van der Waals surface area (Å²) >= 11 is 0. The Morgan fingerprint density at radius 1 is 0.963 bits per heavy atom. The minimum atomic E-state index is -1.37. The summed E-state index contributed by atoms with van der Waals surface area (Å²) in [6.07, 6.45) is 5.55. The van der Waals surface area contributed by atoms with Crippen LogP contribution in [0.1, 0.15) is 12.8 Å². The molecule has 1 saturated heterocycles. The van der Waals surface area contributed by atoms with Crippen molar-refractivity contribution in [1.29, 1.82) is 0 Å². The molecular formula is C40H62N10O3Si. The van der Waals surface area contributed by atoms with Crippen molar-refractivity contribution in [3.63, 3.8) is 0 Å². The van der Waals surface area contributed by atoms with E-state index in [1.165, 1.54) is 0 Å². The molecule has 13 nitrogen and oxygen atoms in total. The number of aromatic nitrogens is 3. The van der Waals surface area contributed by atoms with Gasteiger partial charge in [0, 0.05) is 96.4 Å². The molecular weight excluding hydrogens is 697 g/mol. The first-order valence-corrected chi connectivity index (χ1v) is 23.0. The lowest BCUT2D eigenvalue weighted by atomic mass is 10.1. The van der Waals surface area contributed by atoms with E-state index in [0.717, 1.165) is 112 Å². The number of nitrogens with one attached hydrogen (secondary N) is 2. The molecule has 294 valence electrons. The highest BCUT2D eigenvalue weighted by Crippen LogP contribution is 2.38. The molecule has 0 saturated carbocycles. The summed E-state index contributed by atoms with van der Waals surface area (Å²) in [5, 5.41) is 7.51. The van der Waals surface area contributed by atoms with Gasteiger partial charge < -0.3 is 44.7 Å². The van der Waals surface area contributed by atoms with E-state index in [4.69, 9.17) is 20.2 Å². The summed E-state index contributed by atoms with van der Waals surface area (Å²) in [5.74, 6) is 1.02. The Morgan fingerprint density at radius 2 is 1.69 bits per heavy atom. The monoisotopic (exact) mass is 758 g/mol. The van der Waals surface area contributed by atoms with Crippen LogP contribution in [0.25, 0.3) is 22.2 Å². The van der Waals surface area contributed by atoms with Crippen LogP contribution in [0, 0.1) is 0 Å². The predicted octanol–water partition coefficient (Wildman–Crippen LogP) is 6.00. The van der Waals surface area contributed by atoms with E-state index < -0.39 is 14.2 Å². The Morgan fingerprint density at radius 3 is 2.39 bits per heavy atom. The number of ether oxygens (including phenoxy) is 2. The molecule has 1 aliphatic rings. The minimum Gasteiger partial charge on any atom is -0.494 e. The summed E-state index contributed by atoms with van der Waals surface area (Å²) < 4.78 is 13.7. The topological polar surface area (TPSA) is 129 Å². The van der Waals surface area contributed by atoms with Crippen molar-refractivity contribution < 1.29 is 14.3 Å². The molecule has 2 aromatic carbocycles. The fourth-order valence-corrected chi connectivity index (χ4v) is 7.47. The van der Waals surface area contributed by atoms with Crippen LogP contribution in [0.4, 0.5) is 27.8 Å². The highest BCUT2D eigenvalue weighted by atomic mass is 28.3. The van der Waals surface area contributed by atoms with Crippen molar-refractivity contribution in [3.05, 3.63) is 54.9 Å². The number of para-hydroxylation sites is 1. The number of fused-ring (bicyclic) bond motifs is 1. The third kappa shape index (κ3) is 11.6. The van der Waals surface area contributed by atoms with E-state index in [0.29, 0.717) is 29.7 Å². The third-order valence-corrected chi connectivity index (χ3v) is 11.8. The number of piperazine rings is 1. The van der Waals surface area contributed by atoms with E-state index in [-0.39, 0.29) is 0 Å². The summed E-state index contributed by atoms with van der Waals surface area (Å²) in [7, 11) is 6.52. The highest BCUT2D eigenvalue weighted by Gasteiger charge is 2.20. The second-order valence-electron chi connectivity index (χ2n) is 15.6. The zero-order valence-corrected chi connectivity index (χ0v) is 34.5. The SMILES string of the molecule is COc1cc(N(C)CCN(C)CCCN2CCN(CCCN)CC2)c(NC(=O)OCC[Si](C)(C)C)cc1Nc1nccc(-c2cn(C)c3ccccc23)n1. The number of aryl methyl sites for hydroxylation is 1. The molecule has 4 N–H and O–H groups in total. The van der Waals surface area contributed by atoms with Crippen LogP contribution in [0.2, 0.25) is 25.7 Å². The molecule has 0 bridgehead atoms. The van der Waals surface area contributed by atoms with Crippen LogP contribution in [-0.4, -0.2) is 137 Å². The Balaban J connectivity index is 1.27. The molecule has 5 rings (SSSR count). The molecule has 0 atom stereocenters. The van der Waals surface area contributed by atoms with Gasteiger partial charge in [-0.2, -0.15) is 0 Å². The van der Waals surface area contributed by atoms with Gasteiger partial charge in [-0.3, -0.25) is 5.32 Å². The number of hydrogen-bond donors (Lipinski definition) is 3. The van der Waals surface area contributed by atoms with Gasteiger partial charge in [0.05, 0.1) is 36.5 Å². The van der Waals surface area contributed by atoms with Gasteiger partial charge in [0.1, 0.15) is 5.75 Å². The standard InChI is InChI=1S/C40H62N10O3Si/c1-46(17-11-19-50-24-22-49(23-25-50)18-10-15-41)20-21-47(2)37-29-38(52-4)35(28-34(37)45-40(51)53-26-27-54(5,6)7)44-39-42-16-14-33(43-39)32-30-48(3)36-13-9-8-12-31(32)36/h8-9,12-14,16,28-30H,10-11,15,17-27,41H2,1-7H3,(H,45,51)(H,42,43,44). The van der Waals surface area contributed by atoms with Gasteiger partial charge in [0.25, 0.3) is 0 Å². The van der Waals surface area contributed by atoms with Gasteiger partial charge in [0.15, 0.2) is 0 Å². The first kappa shape index (κ1) is 41.0. The van der Waals surface area contributed by atoms with Crippen LogP contribution in [-0.2, 0) is 11.8 Å². The maximum Gasteiger partial charge on any atom is 0.411 e. The fraction of sp³-hybridized carbons (Fsp3) is 0.525. The Hall–Kier alpha value is -4.21. The van der Waals surface area contributed by atoms with E-state index in [1.54, 1.807) is 13.3 Å². The Bertz CT molecular complexity index is 1800. The molecule has 0 aliphatic carbocycles. The van der Waals surface area contributed by atoms with E-state index in [1.807, 2.05) is 44.4 Å². The Labute approximate surface area is 322 Å². The first-order valence-electron chi connectivity index (χ1n) is 19.3. The van der Waals surface area contributed by atoms with Crippen molar-refractivity contribution in [3.8, 4) is 17.0 Å². The van der Waals surface area contributed by atoms with Crippen molar-refractivity contribution in [2.75, 3.05) is 109 Å². The average Bonchev–Trinajstić information content (AvgIpc) is 3.49. The Kier molecular flexibility index (Phi) is 14.7. The molecule has 0 radical (unpaired) electrons. The maximum absolute atomic E-state index is 13.2. The van der Waals surface area contributed by atoms with Crippen molar-refractivity contribution in [2.45, 2.75) is 38.5 Å². The first-order chi connectivity index (χ1) is 25.9. The maximum atomic E-state index is 13.2. The molecule has 1 amide bonds. The largest absolute Gasteiger partial charge is 0.494 e. The number of methoxy groups -OCH3 is 1. The van der Waals surface area contributed by atoms with Crippen molar-refractivity contribution in [2.24, 2.45) is 12.8 Å². The van der Waals surface area contributed by atoms with Gasteiger partial charge in [-0.1, -0.05) is 37.8 Å². The van der Waals surface area contributed by atoms with Crippen molar-refractivity contribution in [1.82, 2.24) is 29.2 Å². The smallest absolute Gasteiger partial charge is 0.411 e. The number of benzene rings is 2. The molecule has 1 aliphatic heterocycles. The second kappa shape index (κ2) is 19.4. The van der Waals surface area contributed by atoms with Crippen LogP contribution in [0.3, 0.4) is 0 Å². The average molecular weight is 759 g/mol.